The van der Waals surface area contributed by atoms with Gasteiger partial charge in [-0.1, -0.05) is 34.1 Å². The largest absolute Gasteiger partial charge is 0.466 e. The summed E-state index contributed by atoms with van der Waals surface area (Å²) in [6, 6.07) is 0. The van der Waals surface area contributed by atoms with Crippen LogP contribution in [0.25, 0.3) is 0 Å². The second-order valence-electron chi connectivity index (χ2n) is 12.3. The summed E-state index contributed by atoms with van der Waals surface area (Å²) in [5, 5.41) is 11.8. The second-order valence-corrected chi connectivity index (χ2v) is 12.3. The Morgan fingerprint density at radius 2 is 1.81 bits per heavy atom. The van der Waals surface area contributed by atoms with E-state index >= 15 is 0 Å². The number of fused-ring (bicyclic) bond motifs is 5. The third-order valence-electron chi connectivity index (χ3n) is 11.1. The first-order chi connectivity index (χ1) is 15.2. The van der Waals surface area contributed by atoms with E-state index in [4.69, 9.17) is 4.74 Å². The molecule has 4 unspecified atom stereocenters. The maximum atomic E-state index is 12.4. The van der Waals surface area contributed by atoms with E-state index < -0.39 is 0 Å². The standard InChI is InChI=1S/C28H46O4/c1-6-19-23-16-18(29)12-14-28(23,5)22-13-15-27(4)20(9-10-21(27)25(22)26(19)31)17(3)8-11-24(30)32-7-2/h17,19-23,25-26,31H,6-16H2,1-5H3/t17-,19+,20?,21?,22?,23+,25?,26-,27-,28-/m1/s1. The Labute approximate surface area is 195 Å². The van der Waals surface area contributed by atoms with Gasteiger partial charge in [-0.05, 0) is 97.7 Å². The Morgan fingerprint density at radius 3 is 2.50 bits per heavy atom. The first kappa shape index (κ1) is 24.2. The van der Waals surface area contributed by atoms with Gasteiger partial charge >= 0.3 is 5.97 Å². The molecule has 0 aromatic rings. The number of aliphatic hydroxyl groups is 1. The highest BCUT2D eigenvalue weighted by atomic mass is 16.5. The fourth-order valence-electron chi connectivity index (χ4n) is 9.52. The van der Waals surface area contributed by atoms with E-state index in [-0.39, 0.29) is 28.8 Å². The predicted octanol–water partition coefficient (Wildman–Crippen LogP) is 5.80. The molecule has 0 amide bonds. The van der Waals surface area contributed by atoms with Crippen LogP contribution in [-0.2, 0) is 14.3 Å². The maximum absolute atomic E-state index is 12.4. The van der Waals surface area contributed by atoms with E-state index in [2.05, 4.69) is 27.7 Å². The molecule has 0 spiro atoms. The number of aliphatic hydroxyl groups excluding tert-OH is 1. The molecule has 0 bridgehead atoms. The first-order valence-corrected chi connectivity index (χ1v) is 13.5. The zero-order valence-corrected chi connectivity index (χ0v) is 21.1. The summed E-state index contributed by atoms with van der Waals surface area (Å²) in [7, 11) is 0. The minimum absolute atomic E-state index is 0.0675. The summed E-state index contributed by atoms with van der Waals surface area (Å²) >= 11 is 0. The lowest BCUT2D eigenvalue weighted by Crippen LogP contribution is -2.61. The highest BCUT2D eigenvalue weighted by Crippen LogP contribution is 2.69. The van der Waals surface area contributed by atoms with Gasteiger partial charge in [0, 0.05) is 19.3 Å². The van der Waals surface area contributed by atoms with E-state index in [1.807, 2.05) is 6.92 Å². The van der Waals surface area contributed by atoms with Crippen LogP contribution in [0.2, 0.25) is 0 Å². The van der Waals surface area contributed by atoms with Crippen molar-refractivity contribution in [2.24, 2.45) is 52.3 Å². The molecule has 182 valence electrons. The van der Waals surface area contributed by atoms with Gasteiger partial charge in [0.2, 0.25) is 0 Å². The number of carbonyl (C=O) groups is 2. The quantitative estimate of drug-likeness (QED) is 0.524. The van der Waals surface area contributed by atoms with Crippen LogP contribution in [0, 0.1) is 52.3 Å². The number of esters is 1. The van der Waals surface area contributed by atoms with Crippen molar-refractivity contribution in [1.29, 1.82) is 0 Å². The van der Waals surface area contributed by atoms with Gasteiger partial charge in [0.05, 0.1) is 12.7 Å². The molecule has 4 saturated carbocycles. The zero-order chi connectivity index (χ0) is 23.3. The Morgan fingerprint density at radius 1 is 1.09 bits per heavy atom. The van der Waals surface area contributed by atoms with E-state index in [9.17, 15) is 14.7 Å². The molecule has 0 aliphatic heterocycles. The number of hydrogen-bond donors (Lipinski definition) is 1. The van der Waals surface area contributed by atoms with Crippen molar-refractivity contribution in [2.75, 3.05) is 6.61 Å². The Hall–Kier alpha value is -0.900. The van der Waals surface area contributed by atoms with Crippen LogP contribution < -0.4 is 0 Å². The van der Waals surface area contributed by atoms with Crippen molar-refractivity contribution in [2.45, 2.75) is 105 Å². The van der Waals surface area contributed by atoms with Crippen molar-refractivity contribution in [1.82, 2.24) is 0 Å². The number of rotatable bonds is 6. The number of carbonyl (C=O) groups excluding carboxylic acids is 2. The van der Waals surface area contributed by atoms with Gasteiger partial charge in [-0.3, -0.25) is 9.59 Å². The fraction of sp³-hybridized carbons (Fsp3) is 0.929. The molecule has 4 heteroatoms. The second kappa shape index (κ2) is 9.04. The normalized spacial score (nSPS) is 46.7. The van der Waals surface area contributed by atoms with Gasteiger partial charge in [-0.15, -0.1) is 0 Å². The van der Waals surface area contributed by atoms with Crippen molar-refractivity contribution in [3.05, 3.63) is 0 Å². The molecule has 4 aliphatic rings. The molecular weight excluding hydrogens is 400 g/mol. The summed E-state index contributed by atoms with van der Waals surface area (Å²) in [5.74, 6) is 3.56. The van der Waals surface area contributed by atoms with E-state index in [0.29, 0.717) is 60.7 Å². The van der Waals surface area contributed by atoms with Crippen LogP contribution in [0.1, 0.15) is 98.8 Å². The van der Waals surface area contributed by atoms with Crippen LogP contribution >= 0.6 is 0 Å². The highest BCUT2D eigenvalue weighted by molar-refractivity contribution is 5.79. The van der Waals surface area contributed by atoms with E-state index in [0.717, 1.165) is 25.7 Å². The maximum Gasteiger partial charge on any atom is 0.305 e. The third-order valence-corrected chi connectivity index (χ3v) is 11.1. The summed E-state index contributed by atoms with van der Waals surface area (Å²) in [5.41, 5.74) is 0.454. The lowest BCUT2D eigenvalue weighted by atomic mass is 9.41. The topological polar surface area (TPSA) is 63.6 Å². The lowest BCUT2D eigenvalue weighted by Gasteiger charge is -2.64. The number of ether oxygens (including phenoxy) is 1. The van der Waals surface area contributed by atoms with Crippen LogP contribution in [0.5, 0.6) is 0 Å². The van der Waals surface area contributed by atoms with Crippen molar-refractivity contribution in [3.8, 4) is 0 Å². The lowest BCUT2D eigenvalue weighted by molar-refractivity contribution is -0.194. The molecule has 0 radical (unpaired) electrons. The molecule has 1 N–H and O–H groups in total. The number of Topliss-reactive ketones (excluding diaryl/α,β-unsaturated/α-hetero) is 1. The molecule has 0 heterocycles. The van der Waals surface area contributed by atoms with Crippen molar-refractivity contribution < 1.29 is 19.4 Å². The van der Waals surface area contributed by atoms with Crippen molar-refractivity contribution in [3.63, 3.8) is 0 Å². The van der Waals surface area contributed by atoms with Crippen LogP contribution in [0.15, 0.2) is 0 Å². The third kappa shape index (κ3) is 3.77. The summed E-state index contributed by atoms with van der Waals surface area (Å²) in [6.45, 7) is 11.8. The average molecular weight is 447 g/mol. The SMILES string of the molecule is CCOC(=O)CC[C@@H](C)C1CCC2C3C(CC[C@@]21C)[C@@]1(C)CCC(=O)C[C@H]1[C@H](CC)[C@H]3O. The fourth-order valence-corrected chi connectivity index (χ4v) is 9.52. The number of hydrogen-bond acceptors (Lipinski definition) is 4. The molecule has 4 rings (SSSR count). The van der Waals surface area contributed by atoms with E-state index in [1.165, 1.54) is 25.7 Å². The molecule has 4 fully saturated rings. The Balaban J connectivity index is 1.56. The summed E-state index contributed by atoms with van der Waals surface area (Å²) in [6.07, 6.45) is 9.41. The predicted molar refractivity (Wildman–Crippen MR) is 126 cm³/mol. The van der Waals surface area contributed by atoms with E-state index in [1.54, 1.807) is 0 Å². The highest BCUT2D eigenvalue weighted by Gasteiger charge is 2.64. The first-order valence-electron chi connectivity index (χ1n) is 13.5. The van der Waals surface area contributed by atoms with Gasteiger partial charge in [0.1, 0.15) is 5.78 Å². The summed E-state index contributed by atoms with van der Waals surface area (Å²) in [4.78, 5) is 24.3. The average Bonchev–Trinajstić information content (AvgIpc) is 3.11. The molecule has 0 aromatic heterocycles. The van der Waals surface area contributed by atoms with Gasteiger partial charge in [-0.25, -0.2) is 0 Å². The monoisotopic (exact) mass is 446 g/mol. The molecular formula is C28H46O4. The molecule has 4 nitrogen and oxygen atoms in total. The molecule has 4 aliphatic carbocycles. The zero-order valence-electron chi connectivity index (χ0n) is 21.1. The van der Waals surface area contributed by atoms with Gasteiger partial charge in [0.15, 0.2) is 0 Å². The minimum Gasteiger partial charge on any atom is -0.466 e. The van der Waals surface area contributed by atoms with Crippen LogP contribution in [0.4, 0.5) is 0 Å². The van der Waals surface area contributed by atoms with Crippen molar-refractivity contribution >= 4 is 11.8 Å². The smallest absolute Gasteiger partial charge is 0.305 e. The minimum atomic E-state index is -0.271. The Bertz CT molecular complexity index is 718. The van der Waals surface area contributed by atoms with Gasteiger partial charge in [-0.2, -0.15) is 0 Å². The van der Waals surface area contributed by atoms with Gasteiger partial charge in [0.25, 0.3) is 0 Å². The molecule has 0 aromatic carbocycles. The summed E-state index contributed by atoms with van der Waals surface area (Å²) < 4.78 is 5.17. The Kier molecular flexibility index (Phi) is 6.85. The molecule has 0 saturated heterocycles. The molecule has 32 heavy (non-hydrogen) atoms. The van der Waals surface area contributed by atoms with Crippen LogP contribution in [-0.4, -0.2) is 29.6 Å². The molecule has 10 atom stereocenters. The van der Waals surface area contributed by atoms with Gasteiger partial charge < -0.3 is 9.84 Å². The number of ketones is 1. The van der Waals surface area contributed by atoms with Crippen LogP contribution in [0.3, 0.4) is 0 Å².